The number of carbonyl (C=O) groups excluding carboxylic acids is 2. The molecule has 1 saturated heterocycles. The van der Waals surface area contributed by atoms with Crippen LogP contribution < -0.4 is 15.5 Å². The van der Waals surface area contributed by atoms with Gasteiger partial charge in [0.1, 0.15) is 24.0 Å². The number of rotatable bonds is 6. The molecule has 2 N–H and O–H groups in total. The topological polar surface area (TPSA) is 126 Å². The molecule has 2 aliphatic rings. The van der Waals surface area contributed by atoms with Gasteiger partial charge in [-0.15, -0.1) is 4.36 Å². The highest BCUT2D eigenvalue weighted by Gasteiger charge is 2.33. The summed E-state index contributed by atoms with van der Waals surface area (Å²) in [5.74, 6) is -1.31. The first-order valence-electron chi connectivity index (χ1n) is 10.6. The molecule has 182 valence electrons. The monoisotopic (exact) mass is 495 g/mol. The normalized spacial score (nSPS) is 22.2. The van der Waals surface area contributed by atoms with Crippen molar-refractivity contribution in [3.63, 3.8) is 0 Å². The van der Waals surface area contributed by atoms with Crippen LogP contribution >= 0.6 is 0 Å². The summed E-state index contributed by atoms with van der Waals surface area (Å²) in [6.07, 6.45) is 1.66. The van der Waals surface area contributed by atoms with Gasteiger partial charge in [0, 0.05) is 23.9 Å². The molecule has 10 nitrogen and oxygen atoms in total. The second kappa shape index (κ2) is 9.79. The Morgan fingerprint density at radius 2 is 2.12 bits per heavy atom. The van der Waals surface area contributed by atoms with Crippen LogP contribution in [0.5, 0.6) is 0 Å². The van der Waals surface area contributed by atoms with E-state index in [1.54, 1.807) is 13.0 Å². The molecule has 3 amide bonds. The quantitative estimate of drug-likeness (QED) is 0.629. The Bertz CT molecular complexity index is 1220. The number of nitrogens with one attached hydrogen (secondary N) is 2. The van der Waals surface area contributed by atoms with Gasteiger partial charge in [-0.25, -0.2) is 22.6 Å². The smallest absolute Gasteiger partial charge is 0.414 e. The maximum absolute atomic E-state index is 15.0. The third kappa shape index (κ3) is 5.19. The number of cyclic esters (lactones) is 1. The van der Waals surface area contributed by atoms with Crippen LogP contribution in [0, 0.1) is 11.6 Å². The third-order valence-corrected chi connectivity index (χ3v) is 7.37. The summed E-state index contributed by atoms with van der Waals surface area (Å²) in [6.45, 7) is 2.40. The number of hydrogen-bond donors (Lipinski definition) is 2. The summed E-state index contributed by atoms with van der Waals surface area (Å²) in [5.41, 5.74) is 0.115. The average molecular weight is 496 g/mol. The number of anilines is 2. The highest BCUT2D eigenvalue weighted by molar-refractivity contribution is 7.94. The fourth-order valence-corrected chi connectivity index (χ4v) is 5.41. The summed E-state index contributed by atoms with van der Waals surface area (Å²) in [4.78, 5) is 25.1. The highest BCUT2D eigenvalue weighted by Crippen LogP contribution is 2.33. The SMILES string of the molecule is CCNC(=O)N=S1(=O)CC=C(c2c(F)cc(N3C[C@H](CNc4ccon4)OC3=O)cc2F)CC1. The predicted molar refractivity (Wildman–Crippen MR) is 121 cm³/mol. The predicted octanol–water partition coefficient (Wildman–Crippen LogP) is 3.37. The van der Waals surface area contributed by atoms with Crippen LogP contribution in [0.15, 0.2) is 39.4 Å². The minimum absolute atomic E-state index is 0.00918. The zero-order valence-electron chi connectivity index (χ0n) is 18.3. The molecule has 0 radical (unpaired) electrons. The lowest BCUT2D eigenvalue weighted by atomic mass is 10.0. The number of urea groups is 1. The molecule has 1 fully saturated rings. The zero-order valence-corrected chi connectivity index (χ0v) is 19.1. The van der Waals surface area contributed by atoms with E-state index in [0.29, 0.717) is 17.9 Å². The lowest BCUT2D eigenvalue weighted by Crippen LogP contribution is -2.27. The van der Waals surface area contributed by atoms with Crippen molar-refractivity contribution in [3.05, 3.63) is 47.7 Å². The third-order valence-electron chi connectivity index (χ3n) is 5.34. The molecule has 2 atom stereocenters. The van der Waals surface area contributed by atoms with Gasteiger partial charge in [-0.1, -0.05) is 11.2 Å². The van der Waals surface area contributed by atoms with Crippen LogP contribution in [0.3, 0.4) is 0 Å². The lowest BCUT2D eigenvalue weighted by molar-refractivity contribution is 0.147. The van der Waals surface area contributed by atoms with Crippen LogP contribution in [0.2, 0.25) is 0 Å². The van der Waals surface area contributed by atoms with Crippen molar-refractivity contribution < 1.29 is 31.8 Å². The van der Waals surface area contributed by atoms with E-state index in [2.05, 4.69) is 20.2 Å². The fraction of sp³-hybridized carbons (Fsp3) is 0.381. The number of carbonyl (C=O) groups is 2. The number of benzene rings is 1. The Hall–Kier alpha value is -3.48. The number of halogens is 2. The first kappa shape index (κ1) is 23.7. The first-order chi connectivity index (χ1) is 16.3. The van der Waals surface area contributed by atoms with E-state index >= 15 is 0 Å². The van der Waals surface area contributed by atoms with E-state index in [0.717, 1.165) is 17.0 Å². The molecule has 1 aromatic heterocycles. The number of aromatic nitrogens is 1. The van der Waals surface area contributed by atoms with Crippen LogP contribution in [-0.4, -0.2) is 58.7 Å². The molecule has 2 aromatic rings. The van der Waals surface area contributed by atoms with Crippen LogP contribution in [0.25, 0.3) is 5.57 Å². The van der Waals surface area contributed by atoms with Crippen LogP contribution in [0.4, 0.5) is 29.9 Å². The Labute approximate surface area is 194 Å². The summed E-state index contributed by atoms with van der Waals surface area (Å²) in [5, 5.41) is 9.09. The molecule has 13 heteroatoms. The van der Waals surface area contributed by atoms with Gasteiger partial charge in [-0.3, -0.25) is 4.90 Å². The number of ether oxygens (including phenoxy) is 1. The van der Waals surface area contributed by atoms with Gasteiger partial charge in [0.15, 0.2) is 5.82 Å². The molecular weight excluding hydrogens is 472 g/mol. The van der Waals surface area contributed by atoms with Gasteiger partial charge in [-0.2, -0.15) is 0 Å². The second-order valence-corrected chi connectivity index (χ2v) is 10.2. The lowest BCUT2D eigenvalue weighted by Gasteiger charge is -2.20. The van der Waals surface area contributed by atoms with E-state index in [1.807, 2.05) is 0 Å². The Morgan fingerprint density at radius 1 is 1.35 bits per heavy atom. The van der Waals surface area contributed by atoms with E-state index in [1.165, 1.54) is 12.3 Å². The summed E-state index contributed by atoms with van der Waals surface area (Å²) >= 11 is 0. The van der Waals surface area contributed by atoms with Gasteiger partial charge in [0.2, 0.25) is 0 Å². The number of amides is 3. The molecule has 2 aliphatic heterocycles. The van der Waals surface area contributed by atoms with E-state index in [9.17, 15) is 22.6 Å². The Balaban J connectivity index is 1.48. The van der Waals surface area contributed by atoms with Crippen molar-refractivity contribution in [2.45, 2.75) is 19.4 Å². The van der Waals surface area contributed by atoms with E-state index < -0.39 is 39.6 Å². The van der Waals surface area contributed by atoms with Crippen molar-refractivity contribution in [2.24, 2.45) is 4.36 Å². The number of allylic oxidation sites excluding steroid dienone is 1. The number of nitrogens with zero attached hydrogens (tertiary/aromatic N) is 3. The molecule has 4 rings (SSSR count). The summed E-state index contributed by atoms with van der Waals surface area (Å²) in [7, 11) is -2.83. The van der Waals surface area contributed by atoms with E-state index in [-0.39, 0.29) is 42.3 Å². The molecule has 0 saturated carbocycles. The maximum Gasteiger partial charge on any atom is 0.414 e. The van der Waals surface area contributed by atoms with Gasteiger partial charge in [0.05, 0.1) is 34.3 Å². The van der Waals surface area contributed by atoms with Crippen molar-refractivity contribution in [1.82, 2.24) is 10.5 Å². The molecule has 1 aromatic carbocycles. The van der Waals surface area contributed by atoms with Crippen molar-refractivity contribution in [1.29, 1.82) is 0 Å². The molecule has 0 spiro atoms. The molecule has 1 unspecified atom stereocenters. The standard InChI is InChI=1S/C21H23F2N5O5S/c1-2-24-20(29)27-34(31)7-4-13(5-8-34)19-16(22)9-14(10-17(19)23)28-12-15(33-21(28)30)11-25-18-3-6-32-26-18/h3-4,6,9-10,15H,2,5,7-8,11-12H2,1H3,(H,24,29)(H,25,26)/t15-,34?/m0/s1. The van der Waals surface area contributed by atoms with Gasteiger partial charge in [0.25, 0.3) is 0 Å². The Morgan fingerprint density at radius 3 is 2.74 bits per heavy atom. The first-order valence-corrected chi connectivity index (χ1v) is 12.4. The molecule has 0 bridgehead atoms. The van der Waals surface area contributed by atoms with Crippen LogP contribution in [0.1, 0.15) is 18.9 Å². The largest absolute Gasteiger partial charge is 0.442 e. The molecule has 3 heterocycles. The van der Waals surface area contributed by atoms with Crippen molar-refractivity contribution in [3.8, 4) is 0 Å². The number of hydrogen-bond acceptors (Lipinski definition) is 7. The maximum atomic E-state index is 15.0. The van der Waals surface area contributed by atoms with Gasteiger partial charge in [-0.05, 0) is 31.1 Å². The molecule has 34 heavy (non-hydrogen) atoms. The van der Waals surface area contributed by atoms with E-state index in [4.69, 9.17) is 9.26 Å². The second-order valence-electron chi connectivity index (χ2n) is 7.72. The minimum atomic E-state index is -2.83. The summed E-state index contributed by atoms with van der Waals surface area (Å²) < 4.78 is 56.3. The van der Waals surface area contributed by atoms with Crippen molar-refractivity contribution in [2.75, 3.05) is 41.4 Å². The summed E-state index contributed by atoms with van der Waals surface area (Å²) in [6, 6.07) is 3.07. The zero-order chi connectivity index (χ0) is 24.3. The van der Waals surface area contributed by atoms with Gasteiger partial charge >= 0.3 is 12.1 Å². The molecule has 0 aliphatic carbocycles. The van der Waals surface area contributed by atoms with Crippen LogP contribution in [-0.2, 0) is 14.5 Å². The van der Waals surface area contributed by atoms with Crippen molar-refractivity contribution >= 4 is 38.9 Å². The minimum Gasteiger partial charge on any atom is -0.442 e. The average Bonchev–Trinajstić information content (AvgIpc) is 3.42. The van der Waals surface area contributed by atoms with Gasteiger partial charge < -0.3 is 19.9 Å². The highest BCUT2D eigenvalue weighted by atomic mass is 32.2. The molecular formula is C21H23F2N5O5S. The fourth-order valence-electron chi connectivity index (χ4n) is 3.71. The Kier molecular flexibility index (Phi) is 6.82.